The minimum absolute atomic E-state index is 0.0495. The summed E-state index contributed by atoms with van der Waals surface area (Å²) in [7, 11) is 1.09. The molecule has 1 unspecified atom stereocenters. The minimum atomic E-state index is -4.95. The molecule has 0 amide bonds. The number of hydrogen-bond donors (Lipinski definition) is 0. The molecule has 3 rings (SSSR count). The van der Waals surface area contributed by atoms with Crippen molar-refractivity contribution in [1.82, 2.24) is 0 Å². The Labute approximate surface area is 177 Å². The molecule has 0 radical (unpaired) electrons. The Bertz CT molecular complexity index is 1050. The summed E-state index contributed by atoms with van der Waals surface area (Å²) < 4.78 is 46.7. The van der Waals surface area contributed by atoms with Gasteiger partial charge in [0.2, 0.25) is 0 Å². The maximum Gasteiger partial charge on any atom is 0.435 e. The van der Waals surface area contributed by atoms with E-state index in [2.05, 4.69) is 9.89 Å². The second-order valence-corrected chi connectivity index (χ2v) is 7.14. The lowest BCUT2D eigenvalue weighted by Gasteiger charge is -2.29. The Morgan fingerprint density at radius 3 is 2.40 bits per heavy atom. The first-order valence-corrected chi connectivity index (χ1v) is 8.89. The monoisotopic (exact) mass is 462 g/mol. The van der Waals surface area contributed by atoms with Crippen molar-refractivity contribution >= 4 is 40.6 Å². The molecule has 158 valence electrons. The van der Waals surface area contributed by atoms with E-state index in [4.69, 9.17) is 28.0 Å². The molecule has 0 spiro atoms. The topological polar surface area (TPSA) is 91.0 Å². The van der Waals surface area contributed by atoms with Crippen molar-refractivity contribution in [3.63, 3.8) is 0 Å². The Morgan fingerprint density at radius 1 is 1.23 bits per heavy atom. The molecule has 0 aromatic heterocycles. The molecule has 0 fully saturated rings. The predicted molar refractivity (Wildman–Crippen MR) is 101 cm³/mol. The van der Waals surface area contributed by atoms with E-state index in [9.17, 15) is 28.1 Å². The lowest BCUT2D eigenvalue weighted by Crippen LogP contribution is -2.42. The van der Waals surface area contributed by atoms with Gasteiger partial charge in [0.25, 0.3) is 11.3 Å². The highest BCUT2D eigenvalue weighted by Crippen LogP contribution is 2.50. The Hall–Kier alpha value is -2.85. The van der Waals surface area contributed by atoms with Crippen LogP contribution in [-0.2, 0) is 15.2 Å². The van der Waals surface area contributed by atoms with Gasteiger partial charge in [0.05, 0.1) is 35.3 Å². The van der Waals surface area contributed by atoms with E-state index in [0.717, 1.165) is 31.4 Å². The number of hydrogen-bond acceptors (Lipinski definition) is 6. The molecule has 0 bridgehead atoms. The van der Waals surface area contributed by atoms with Crippen molar-refractivity contribution in [1.29, 1.82) is 0 Å². The van der Waals surface area contributed by atoms with Gasteiger partial charge in [-0.25, -0.2) is 4.79 Å². The number of nitrogens with zero attached hydrogens (tertiary/aromatic N) is 2. The van der Waals surface area contributed by atoms with E-state index in [1.54, 1.807) is 0 Å². The molecule has 1 aliphatic heterocycles. The van der Waals surface area contributed by atoms with Gasteiger partial charge in [0, 0.05) is 21.7 Å². The molecular formula is C18H11Cl2F3N2O5. The number of ether oxygens (including phenoxy) is 1. The number of benzene rings is 2. The van der Waals surface area contributed by atoms with Crippen LogP contribution in [0, 0.1) is 10.1 Å². The maximum atomic E-state index is 14.0. The number of nitro groups is 1. The first kappa shape index (κ1) is 21.8. The van der Waals surface area contributed by atoms with Crippen LogP contribution in [0.15, 0.2) is 41.6 Å². The number of carbonyl (C=O) groups excluding carboxylic acids is 1. The number of oxime groups is 1. The van der Waals surface area contributed by atoms with E-state index in [0.29, 0.717) is 0 Å². The van der Waals surface area contributed by atoms with Crippen LogP contribution in [0.2, 0.25) is 10.0 Å². The zero-order chi connectivity index (χ0) is 22.3. The van der Waals surface area contributed by atoms with Crippen molar-refractivity contribution in [2.24, 2.45) is 5.16 Å². The fourth-order valence-electron chi connectivity index (χ4n) is 3.01. The summed E-state index contributed by atoms with van der Waals surface area (Å²) in [6, 6.07) is 6.52. The lowest BCUT2D eigenvalue weighted by atomic mass is 9.86. The highest BCUT2D eigenvalue weighted by molar-refractivity contribution is 6.34. The third-order valence-corrected chi connectivity index (χ3v) is 4.88. The van der Waals surface area contributed by atoms with Gasteiger partial charge in [-0.2, -0.15) is 13.2 Å². The molecule has 12 heteroatoms. The Kier molecular flexibility index (Phi) is 5.66. The molecule has 1 aliphatic rings. The van der Waals surface area contributed by atoms with E-state index >= 15 is 0 Å². The van der Waals surface area contributed by atoms with Crippen LogP contribution in [-0.4, -0.2) is 29.9 Å². The SMILES string of the molecule is COC(=O)c1ccc(C2=NOC(c3cc(Cl)cc(Cl)c3)(C(F)(F)F)C2)c([N+](=O)[O-])c1. The van der Waals surface area contributed by atoms with Crippen molar-refractivity contribution in [3.8, 4) is 0 Å². The molecule has 0 aliphatic carbocycles. The number of alkyl halides is 3. The standard InChI is InChI=1S/C18H11Cl2F3N2O5/c1-29-16(26)9-2-3-13(15(4-9)25(27)28)14-8-17(30-24-14,18(21,22)23)10-5-11(19)7-12(20)6-10/h2-7H,8H2,1H3. The number of methoxy groups -OCH3 is 1. The van der Waals surface area contributed by atoms with Crippen molar-refractivity contribution < 1.29 is 32.5 Å². The molecule has 0 saturated carbocycles. The van der Waals surface area contributed by atoms with Crippen molar-refractivity contribution in [3.05, 3.63) is 73.2 Å². The highest BCUT2D eigenvalue weighted by Gasteiger charge is 2.62. The predicted octanol–water partition coefficient (Wildman–Crippen LogP) is 5.27. The summed E-state index contributed by atoms with van der Waals surface area (Å²) in [5.41, 5.74) is -4.66. The third-order valence-electron chi connectivity index (χ3n) is 4.44. The fourth-order valence-corrected chi connectivity index (χ4v) is 3.53. The molecule has 0 N–H and O–H groups in total. The molecule has 2 aromatic carbocycles. The van der Waals surface area contributed by atoms with Crippen LogP contribution >= 0.6 is 23.2 Å². The number of nitro benzene ring substituents is 1. The average molecular weight is 463 g/mol. The van der Waals surface area contributed by atoms with Crippen LogP contribution in [0.5, 0.6) is 0 Å². The number of carbonyl (C=O) groups is 1. The van der Waals surface area contributed by atoms with Crippen LogP contribution in [0.3, 0.4) is 0 Å². The van der Waals surface area contributed by atoms with Crippen LogP contribution < -0.4 is 0 Å². The fraction of sp³-hybridized carbons (Fsp3) is 0.222. The molecule has 30 heavy (non-hydrogen) atoms. The van der Waals surface area contributed by atoms with Crippen LogP contribution in [0.1, 0.15) is 27.9 Å². The Balaban J connectivity index is 2.09. The highest BCUT2D eigenvalue weighted by atomic mass is 35.5. The zero-order valence-corrected chi connectivity index (χ0v) is 16.5. The van der Waals surface area contributed by atoms with Gasteiger partial charge in [0.15, 0.2) is 0 Å². The van der Waals surface area contributed by atoms with E-state index in [1.165, 1.54) is 12.1 Å². The van der Waals surface area contributed by atoms with Gasteiger partial charge in [-0.05, 0) is 30.3 Å². The zero-order valence-electron chi connectivity index (χ0n) is 15.0. The molecule has 1 atom stereocenters. The van der Waals surface area contributed by atoms with Gasteiger partial charge in [0.1, 0.15) is 0 Å². The quantitative estimate of drug-likeness (QED) is 0.350. The maximum absolute atomic E-state index is 14.0. The number of rotatable bonds is 4. The lowest BCUT2D eigenvalue weighted by molar-refractivity contribution is -0.385. The van der Waals surface area contributed by atoms with E-state index in [-0.39, 0.29) is 26.9 Å². The molecular weight excluding hydrogens is 452 g/mol. The Morgan fingerprint density at radius 2 is 1.87 bits per heavy atom. The minimum Gasteiger partial charge on any atom is -0.465 e. The van der Waals surface area contributed by atoms with Gasteiger partial charge < -0.3 is 9.57 Å². The number of halogens is 5. The summed E-state index contributed by atoms with van der Waals surface area (Å²) >= 11 is 11.7. The first-order valence-electron chi connectivity index (χ1n) is 8.14. The normalized spacial score (nSPS) is 18.5. The number of esters is 1. The van der Waals surface area contributed by atoms with Crippen molar-refractivity contribution in [2.75, 3.05) is 7.11 Å². The second kappa shape index (κ2) is 7.77. The molecule has 2 aromatic rings. The van der Waals surface area contributed by atoms with Gasteiger partial charge in [-0.1, -0.05) is 28.4 Å². The molecule has 7 nitrogen and oxygen atoms in total. The summed E-state index contributed by atoms with van der Waals surface area (Å²) in [6.07, 6.45) is -5.82. The average Bonchev–Trinajstić information content (AvgIpc) is 3.12. The first-order chi connectivity index (χ1) is 14.0. The summed E-state index contributed by atoms with van der Waals surface area (Å²) in [6.45, 7) is 0. The van der Waals surface area contributed by atoms with Crippen LogP contribution in [0.25, 0.3) is 0 Å². The van der Waals surface area contributed by atoms with Crippen LogP contribution in [0.4, 0.5) is 18.9 Å². The summed E-state index contributed by atoms with van der Waals surface area (Å²) in [5, 5.41) is 14.9. The smallest absolute Gasteiger partial charge is 0.435 e. The molecule has 1 heterocycles. The van der Waals surface area contributed by atoms with Gasteiger partial charge >= 0.3 is 12.1 Å². The molecule has 0 saturated heterocycles. The largest absolute Gasteiger partial charge is 0.465 e. The van der Waals surface area contributed by atoms with Gasteiger partial charge in [-0.15, -0.1) is 0 Å². The van der Waals surface area contributed by atoms with E-state index < -0.39 is 40.3 Å². The van der Waals surface area contributed by atoms with Gasteiger partial charge in [-0.3, -0.25) is 10.1 Å². The third kappa shape index (κ3) is 3.80. The summed E-state index contributed by atoms with van der Waals surface area (Å²) in [4.78, 5) is 27.1. The van der Waals surface area contributed by atoms with E-state index in [1.807, 2.05) is 0 Å². The summed E-state index contributed by atoms with van der Waals surface area (Å²) in [5.74, 6) is -0.840. The second-order valence-electron chi connectivity index (χ2n) is 6.27. The van der Waals surface area contributed by atoms with Crippen molar-refractivity contribution in [2.45, 2.75) is 18.2 Å².